The Labute approximate surface area is 212 Å². The molecule has 5 rings (SSSR count). The zero-order valence-electron chi connectivity index (χ0n) is 20.5. The number of Topliss-reactive ketones (excluding diaryl/α,β-unsaturated/α-hetero) is 1. The lowest BCUT2D eigenvalue weighted by atomic mass is 10.0. The first kappa shape index (κ1) is 24.1. The van der Waals surface area contributed by atoms with Crippen LogP contribution < -0.4 is 11.2 Å². The van der Waals surface area contributed by atoms with E-state index in [4.69, 9.17) is 0 Å². The standard InChI is InChI=1S/C29H25FN4O3/c1-19-8-13-24(20(2)16-19)25(35)17-32-18-31-27-26(32)28(36)33(15-14-21-6-4-3-5-7-21)29(37)34(27)23-11-9-22(30)10-12-23/h3-13,16,18H,14-15,17H2,1-2H3. The number of carbonyl (C=O) groups is 1. The number of carbonyl (C=O) groups excluding carboxylic acids is 1. The zero-order chi connectivity index (χ0) is 26.1. The number of ketones is 1. The van der Waals surface area contributed by atoms with Gasteiger partial charge in [0.15, 0.2) is 16.9 Å². The predicted octanol–water partition coefficient (Wildman–Crippen LogP) is 4.23. The molecule has 186 valence electrons. The summed E-state index contributed by atoms with van der Waals surface area (Å²) in [4.78, 5) is 44.7. The normalized spacial score (nSPS) is 11.2. The van der Waals surface area contributed by atoms with E-state index in [0.29, 0.717) is 17.7 Å². The third-order valence-corrected chi connectivity index (χ3v) is 6.45. The summed E-state index contributed by atoms with van der Waals surface area (Å²) >= 11 is 0. The van der Waals surface area contributed by atoms with E-state index in [9.17, 15) is 18.8 Å². The molecule has 2 heterocycles. The number of benzene rings is 3. The smallest absolute Gasteiger partial charge is 0.317 e. The van der Waals surface area contributed by atoms with Crippen molar-refractivity contribution in [3.63, 3.8) is 0 Å². The Morgan fingerprint density at radius 2 is 1.68 bits per heavy atom. The van der Waals surface area contributed by atoms with Crippen LogP contribution in [0, 0.1) is 19.7 Å². The monoisotopic (exact) mass is 496 g/mol. The zero-order valence-corrected chi connectivity index (χ0v) is 20.5. The molecule has 0 aliphatic rings. The SMILES string of the molecule is Cc1ccc(C(=O)Cn2cnc3c2c(=O)n(CCc2ccccc2)c(=O)n3-c2ccc(F)cc2)c(C)c1. The lowest BCUT2D eigenvalue weighted by Crippen LogP contribution is -2.40. The quantitative estimate of drug-likeness (QED) is 0.316. The Morgan fingerprint density at radius 3 is 2.38 bits per heavy atom. The van der Waals surface area contributed by atoms with Gasteiger partial charge in [-0.05, 0) is 55.7 Å². The Balaban J connectivity index is 1.65. The van der Waals surface area contributed by atoms with Gasteiger partial charge in [-0.15, -0.1) is 0 Å². The van der Waals surface area contributed by atoms with Crippen molar-refractivity contribution >= 4 is 16.9 Å². The highest BCUT2D eigenvalue weighted by Gasteiger charge is 2.21. The summed E-state index contributed by atoms with van der Waals surface area (Å²) in [5, 5.41) is 0. The van der Waals surface area contributed by atoms with Crippen LogP contribution in [0.15, 0.2) is 88.7 Å². The number of nitrogens with zero attached hydrogens (tertiary/aromatic N) is 4. The van der Waals surface area contributed by atoms with E-state index in [1.807, 2.05) is 56.3 Å². The van der Waals surface area contributed by atoms with Crippen LogP contribution in [0.25, 0.3) is 16.9 Å². The number of hydrogen-bond acceptors (Lipinski definition) is 4. The van der Waals surface area contributed by atoms with Crippen LogP contribution in [-0.4, -0.2) is 24.5 Å². The van der Waals surface area contributed by atoms with Crippen LogP contribution in [0.1, 0.15) is 27.0 Å². The van der Waals surface area contributed by atoms with Crippen molar-refractivity contribution in [2.45, 2.75) is 33.4 Å². The van der Waals surface area contributed by atoms with Crippen molar-refractivity contribution in [1.29, 1.82) is 0 Å². The lowest BCUT2D eigenvalue weighted by molar-refractivity contribution is 0.0972. The van der Waals surface area contributed by atoms with Gasteiger partial charge in [-0.25, -0.2) is 18.7 Å². The fraction of sp³-hybridized carbons (Fsp3) is 0.172. The molecule has 0 spiro atoms. The molecule has 3 aromatic carbocycles. The van der Waals surface area contributed by atoms with Gasteiger partial charge in [-0.2, -0.15) is 0 Å². The molecule has 37 heavy (non-hydrogen) atoms. The van der Waals surface area contributed by atoms with Gasteiger partial charge in [0.05, 0.1) is 18.6 Å². The summed E-state index contributed by atoms with van der Waals surface area (Å²) in [6.45, 7) is 3.84. The van der Waals surface area contributed by atoms with E-state index in [1.54, 1.807) is 6.07 Å². The molecule has 0 unspecified atom stereocenters. The van der Waals surface area contributed by atoms with E-state index < -0.39 is 17.1 Å². The molecule has 5 aromatic rings. The number of aryl methyl sites for hydroxylation is 3. The minimum absolute atomic E-state index is 0.115. The van der Waals surface area contributed by atoms with Gasteiger partial charge in [-0.3, -0.25) is 14.2 Å². The van der Waals surface area contributed by atoms with E-state index >= 15 is 0 Å². The van der Waals surface area contributed by atoms with Crippen molar-refractivity contribution in [3.8, 4) is 5.69 Å². The van der Waals surface area contributed by atoms with Crippen molar-refractivity contribution < 1.29 is 9.18 Å². The van der Waals surface area contributed by atoms with E-state index in [-0.39, 0.29) is 30.0 Å². The molecular formula is C29H25FN4O3. The van der Waals surface area contributed by atoms with Gasteiger partial charge < -0.3 is 4.57 Å². The number of hydrogen-bond donors (Lipinski definition) is 0. The fourth-order valence-corrected chi connectivity index (χ4v) is 4.57. The van der Waals surface area contributed by atoms with Gasteiger partial charge in [0.2, 0.25) is 0 Å². The number of fused-ring (bicyclic) bond motifs is 1. The fourth-order valence-electron chi connectivity index (χ4n) is 4.57. The molecule has 0 N–H and O–H groups in total. The first-order valence-corrected chi connectivity index (χ1v) is 11.9. The second-order valence-electron chi connectivity index (χ2n) is 9.07. The predicted molar refractivity (Wildman–Crippen MR) is 140 cm³/mol. The van der Waals surface area contributed by atoms with Gasteiger partial charge in [0.25, 0.3) is 5.56 Å². The molecule has 8 heteroatoms. The average molecular weight is 497 g/mol. The third kappa shape index (κ3) is 4.65. The van der Waals surface area contributed by atoms with Gasteiger partial charge >= 0.3 is 5.69 Å². The second-order valence-corrected chi connectivity index (χ2v) is 9.07. The molecule has 2 aromatic heterocycles. The summed E-state index contributed by atoms with van der Waals surface area (Å²) in [7, 11) is 0. The molecule has 0 radical (unpaired) electrons. The van der Waals surface area contributed by atoms with Crippen LogP contribution in [0.2, 0.25) is 0 Å². The topological polar surface area (TPSA) is 78.9 Å². The Bertz CT molecular complexity index is 1730. The van der Waals surface area contributed by atoms with E-state index in [2.05, 4.69) is 4.98 Å². The van der Waals surface area contributed by atoms with Crippen LogP contribution in [0.5, 0.6) is 0 Å². The molecule has 0 saturated heterocycles. The van der Waals surface area contributed by atoms with Gasteiger partial charge in [-0.1, -0.05) is 54.1 Å². The lowest BCUT2D eigenvalue weighted by Gasteiger charge is -2.13. The Kier molecular flexibility index (Phi) is 6.40. The summed E-state index contributed by atoms with van der Waals surface area (Å²) in [6.07, 6.45) is 1.86. The molecular weight excluding hydrogens is 471 g/mol. The number of rotatable bonds is 7. The first-order chi connectivity index (χ1) is 17.8. The second kappa shape index (κ2) is 9.81. The van der Waals surface area contributed by atoms with Gasteiger partial charge in [0, 0.05) is 12.1 Å². The molecule has 0 aliphatic carbocycles. The van der Waals surface area contributed by atoms with Crippen molar-refractivity contribution in [2.75, 3.05) is 0 Å². The van der Waals surface area contributed by atoms with Crippen LogP contribution in [0.3, 0.4) is 0 Å². The average Bonchev–Trinajstić information content (AvgIpc) is 3.29. The summed E-state index contributed by atoms with van der Waals surface area (Å²) in [5.74, 6) is -0.624. The van der Waals surface area contributed by atoms with Crippen LogP contribution in [-0.2, 0) is 19.5 Å². The minimum Gasteiger partial charge on any atom is -0.317 e. The third-order valence-electron chi connectivity index (χ3n) is 6.45. The highest BCUT2D eigenvalue weighted by atomic mass is 19.1. The van der Waals surface area contributed by atoms with Crippen LogP contribution >= 0.6 is 0 Å². The highest BCUT2D eigenvalue weighted by molar-refractivity contribution is 5.98. The maximum Gasteiger partial charge on any atom is 0.337 e. The highest BCUT2D eigenvalue weighted by Crippen LogP contribution is 2.17. The summed E-state index contributed by atoms with van der Waals surface area (Å²) < 4.78 is 17.6. The molecule has 0 amide bonds. The molecule has 0 fully saturated rings. The number of aromatic nitrogens is 4. The molecule has 0 bridgehead atoms. The van der Waals surface area contributed by atoms with Crippen molar-refractivity contribution in [3.05, 3.63) is 128 Å². The first-order valence-electron chi connectivity index (χ1n) is 11.9. The van der Waals surface area contributed by atoms with Crippen molar-refractivity contribution in [1.82, 2.24) is 18.7 Å². The van der Waals surface area contributed by atoms with E-state index in [1.165, 1.54) is 39.7 Å². The summed E-state index contributed by atoms with van der Waals surface area (Å²) in [5.41, 5.74) is 2.94. The van der Waals surface area contributed by atoms with Gasteiger partial charge in [0.1, 0.15) is 5.82 Å². The number of imidazole rings is 1. The molecule has 0 atom stereocenters. The van der Waals surface area contributed by atoms with E-state index in [0.717, 1.165) is 21.3 Å². The van der Waals surface area contributed by atoms with Crippen molar-refractivity contribution in [2.24, 2.45) is 0 Å². The number of halogens is 1. The maximum atomic E-state index is 13.6. The summed E-state index contributed by atoms with van der Waals surface area (Å²) in [6, 6.07) is 20.5. The molecule has 0 saturated carbocycles. The molecule has 7 nitrogen and oxygen atoms in total. The van der Waals surface area contributed by atoms with Crippen LogP contribution in [0.4, 0.5) is 4.39 Å². The Hall–Kier alpha value is -4.59. The maximum absolute atomic E-state index is 13.6. The minimum atomic E-state index is -0.578. The molecule has 0 aliphatic heterocycles. The Morgan fingerprint density at radius 1 is 0.946 bits per heavy atom. The largest absolute Gasteiger partial charge is 0.337 e.